The van der Waals surface area contributed by atoms with Gasteiger partial charge in [0.25, 0.3) is 0 Å². The van der Waals surface area contributed by atoms with Crippen LogP contribution >= 0.6 is 0 Å². The fourth-order valence-corrected chi connectivity index (χ4v) is 4.10. The summed E-state index contributed by atoms with van der Waals surface area (Å²) in [5.41, 5.74) is 2.39. The molecule has 7 nitrogen and oxygen atoms in total. The highest BCUT2D eigenvalue weighted by Gasteiger charge is 2.37. The van der Waals surface area contributed by atoms with Crippen LogP contribution in [0.15, 0.2) is 36.5 Å². The fourth-order valence-electron chi connectivity index (χ4n) is 3.77. The third-order valence-corrected chi connectivity index (χ3v) is 8.26. The predicted molar refractivity (Wildman–Crippen MR) is 116 cm³/mol. The molecule has 2 atom stereocenters. The number of nitrogens with zero attached hydrogens (tertiary/aromatic N) is 1. The minimum Gasteiger partial charge on any atom is -0.354 e. The van der Waals surface area contributed by atoms with E-state index in [1.807, 2.05) is 18.2 Å². The van der Waals surface area contributed by atoms with Crippen LogP contribution in [-0.4, -0.2) is 47.9 Å². The van der Waals surface area contributed by atoms with Crippen LogP contribution < -0.4 is 5.32 Å². The Morgan fingerprint density at radius 1 is 1.10 bits per heavy atom. The first-order chi connectivity index (χ1) is 14.1. The molecule has 162 valence electrons. The lowest BCUT2D eigenvalue weighted by Gasteiger charge is -2.31. The van der Waals surface area contributed by atoms with Gasteiger partial charge >= 0.3 is 0 Å². The highest BCUT2D eigenvalue weighted by atomic mass is 32.2. The van der Waals surface area contributed by atoms with Crippen LogP contribution in [0.5, 0.6) is 0 Å². The number of carbonyl (C=O) groups is 2. The summed E-state index contributed by atoms with van der Waals surface area (Å²) in [5.74, 6) is -1.10. The molecule has 1 saturated carbocycles. The smallest absolute Gasteiger partial charge is 0.223 e. The molecule has 1 aromatic carbocycles. The molecule has 1 amide bonds. The molecule has 1 aliphatic carbocycles. The van der Waals surface area contributed by atoms with Crippen molar-refractivity contribution in [1.82, 2.24) is 15.5 Å². The summed E-state index contributed by atoms with van der Waals surface area (Å²) in [5, 5.41) is 9.61. The van der Waals surface area contributed by atoms with Crippen LogP contribution in [0.4, 0.5) is 0 Å². The number of sulfone groups is 1. The average Bonchev–Trinajstić information content (AvgIpc) is 3.26. The van der Waals surface area contributed by atoms with Gasteiger partial charge in [-0.3, -0.25) is 14.7 Å². The largest absolute Gasteiger partial charge is 0.354 e. The Morgan fingerprint density at radius 2 is 1.73 bits per heavy atom. The summed E-state index contributed by atoms with van der Waals surface area (Å²) in [6.07, 6.45) is 5.92. The molecular formula is C22H29N3O4S. The Hall–Kier alpha value is -2.48. The molecule has 1 heterocycles. The first-order valence-corrected chi connectivity index (χ1v) is 12.1. The Kier molecular flexibility index (Phi) is 6.45. The number of hydrogen-bond donors (Lipinski definition) is 2. The molecular weight excluding hydrogens is 402 g/mol. The standard InChI is InChI=1S/C22H29N3O4S/c1-22(2,30(3,28)29)14-23-21(27)18-7-5-4-6-17(18)20(26)16-10-8-15(9-11-16)19-12-13-24-25-19/h8-13,17-18H,4-7,14H2,1-3H3,(H,23,27)(H,24,25)/t17-,18-/m1/s1. The van der Waals surface area contributed by atoms with Crippen molar-refractivity contribution in [3.8, 4) is 11.3 Å². The van der Waals surface area contributed by atoms with Crippen molar-refractivity contribution in [3.05, 3.63) is 42.1 Å². The lowest BCUT2D eigenvalue weighted by Crippen LogP contribution is -2.47. The van der Waals surface area contributed by atoms with E-state index in [2.05, 4.69) is 15.5 Å². The van der Waals surface area contributed by atoms with Gasteiger partial charge in [0.15, 0.2) is 15.6 Å². The van der Waals surface area contributed by atoms with Crippen molar-refractivity contribution in [2.24, 2.45) is 11.8 Å². The number of hydrogen-bond acceptors (Lipinski definition) is 5. The van der Waals surface area contributed by atoms with E-state index in [-0.39, 0.29) is 18.2 Å². The monoisotopic (exact) mass is 431 g/mol. The average molecular weight is 432 g/mol. The Labute approximate surface area is 177 Å². The van der Waals surface area contributed by atoms with Gasteiger partial charge < -0.3 is 5.32 Å². The topological polar surface area (TPSA) is 109 Å². The van der Waals surface area contributed by atoms with Gasteiger partial charge in [-0.15, -0.1) is 0 Å². The number of aromatic amines is 1. The van der Waals surface area contributed by atoms with Crippen molar-refractivity contribution in [3.63, 3.8) is 0 Å². The van der Waals surface area contributed by atoms with E-state index in [9.17, 15) is 18.0 Å². The molecule has 2 N–H and O–H groups in total. The minimum absolute atomic E-state index is 0.0287. The van der Waals surface area contributed by atoms with Gasteiger partial charge in [-0.05, 0) is 38.3 Å². The van der Waals surface area contributed by atoms with E-state index in [1.54, 1.807) is 32.2 Å². The van der Waals surface area contributed by atoms with E-state index in [1.165, 1.54) is 6.26 Å². The molecule has 1 fully saturated rings. The summed E-state index contributed by atoms with van der Waals surface area (Å²) >= 11 is 0. The van der Waals surface area contributed by atoms with Crippen LogP contribution in [0.3, 0.4) is 0 Å². The second kappa shape index (κ2) is 8.71. The third kappa shape index (κ3) is 4.80. The van der Waals surface area contributed by atoms with E-state index in [0.717, 1.165) is 24.1 Å². The summed E-state index contributed by atoms with van der Waals surface area (Å²) in [6, 6.07) is 9.17. The zero-order valence-electron chi connectivity index (χ0n) is 17.6. The van der Waals surface area contributed by atoms with Gasteiger partial charge in [-0.25, -0.2) is 8.42 Å². The number of ketones is 1. The van der Waals surface area contributed by atoms with Crippen LogP contribution in [0.1, 0.15) is 49.9 Å². The first-order valence-electron chi connectivity index (χ1n) is 10.2. The van der Waals surface area contributed by atoms with Crippen molar-refractivity contribution >= 4 is 21.5 Å². The van der Waals surface area contributed by atoms with Crippen LogP contribution in [0.25, 0.3) is 11.3 Å². The molecule has 0 unspecified atom stereocenters. The highest BCUT2D eigenvalue weighted by molar-refractivity contribution is 7.92. The van der Waals surface area contributed by atoms with Crippen molar-refractivity contribution < 1.29 is 18.0 Å². The molecule has 1 aliphatic rings. The Balaban J connectivity index is 1.71. The maximum absolute atomic E-state index is 13.2. The van der Waals surface area contributed by atoms with Crippen LogP contribution in [0.2, 0.25) is 0 Å². The molecule has 2 aromatic rings. The van der Waals surface area contributed by atoms with Gasteiger partial charge in [0.1, 0.15) is 0 Å². The van der Waals surface area contributed by atoms with Gasteiger partial charge in [-0.1, -0.05) is 37.1 Å². The normalized spacial score (nSPS) is 20.0. The first kappa shape index (κ1) is 22.2. The predicted octanol–water partition coefficient (Wildman–Crippen LogP) is 3.01. The number of aromatic nitrogens is 2. The number of Topliss-reactive ketones (excluding diaryl/α,β-unsaturated/α-hetero) is 1. The molecule has 1 aromatic heterocycles. The molecule has 3 rings (SSSR count). The highest BCUT2D eigenvalue weighted by Crippen LogP contribution is 2.33. The molecule has 30 heavy (non-hydrogen) atoms. The van der Waals surface area contributed by atoms with Gasteiger partial charge in [-0.2, -0.15) is 5.10 Å². The zero-order valence-corrected chi connectivity index (χ0v) is 18.5. The molecule has 0 spiro atoms. The minimum atomic E-state index is -3.31. The molecule has 0 radical (unpaired) electrons. The number of nitrogens with one attached hydrogen (secondary N) is 2. The second-order valence-electron chi connectivity index (χ2n) is 8.66. The van der Waals surface area contributed by atoms with Crippen LogP contribution in [0, 0.1) is 11.8 Å². The molecule has 0 bridgehead atoms. The van der Waals surface area contributed by atoms with Crippen molar-refractivity contribution in [1.29, 1.82) is 0 Å². The Bertz CT molecular complexity index is 996. The number of benzene rings is 1. The second-order valence-corrected chi connectivity index (χ2v) is 11.3. The quantitative estimate of drug-likeness (QED) is 0.655. The maximum atomic E-state index is 13.2. The van der Waals surface area contributed by atoms with E-state index in [4.69, 9.17) is 0 Å². The van der Waals surface area contributed by atoms with E-state index in [0.29, 0.717) is 18.4 Å². The summed E-state index contributed by atoms with van der Waals surface area (Å²) in [6.45, 7) is 3.21. The van der Waals surface area contributed by atoms with Crippen LogP contribution in [-0.2, 0) is 14.6 Å². The van der Waals surface area contributed by atoms with Gasteiger partial charge in [0.05, 0.1) is 10.4 Å². The van der Waals surface area contributed by atoms with Gasteiger partial charge in [0.2, 0.25) is 5.91 Å². The van der Waals surface area contributed by atoms with E-state index < -0.39 is 26.4 Å². The number of carbonyl (C=O) groups excluding carboxylic acids is 2. The van der Waals surface area contributed by atoms with Crippen molar-refractivity contribution in [2.45, 2.75) is 44.3 Å². The Morgan fingerprint density at radius 3 is 2.30 bits per heavy atom. The lowest BCUT2D eigenvalue weighted by atomic mass is 9.75. The van der Waals surface area contributed by atoms with Crippen molar-refractivity contribution in [2.75, 3.05) is 12.8 Å². The van der Waals surface area contributed by atoms with E-state index >= 15 is 0 Å². The summed E-state index contributed by atoms with van der Waals surface area (Å²) in [4.78, 5) is 26.0. The summed E-state index contributed by atoms with van der Waals surface area (Å²) in [7, 11) is -3.31. The number of amides is 1. The number of rotatable bonds is 7. The lowest BCUT2D eigenvalue weighted by molar-refractivity contribution is -0.127. The maximum Gasteiger partial charge on any atom is 0.223 e. The molecule has 8 heteroatoms. The third-order valence-electron chi connectivity index (χ3n) is 6.11. The zero-order chi connectivity index (χ0) is 21.9. The number of H-pyrrole nitrogens is 1. The SMILES string of the molecule is CC(C)(CNC(=O)[C@@H]1CCCC[C@H]1C(=O)c1ccc(-c2ccn[nH]2)cc1)S(C)(=O)=O. The molecule has 0 saturated heterocycles. The van der Waals surface area contributed by atoms with Gasteiger partial charge in [0, 0.05) is 36.4 Å². The fraction of sp³-hybridized carbons (Fsp3) is 0.500. The summed E-state index contributed by atoms with van der Waals surface area (Å²) < 4.78 is 22.7. The molecule has 0 aliphatic heterocycles.